The van der Waals surface area contributed by atoms with E-state index >= 15 is 0 Å². The zero-order valence-electron chi connectivity index (χ0n) is 15.6. The summed E-state index contributed by atoms with van der Waals surface area (Å²) in [5.41, 5.74) is 4.16. The molecule has 1 N–H and O–H groups in total. The van der Waals surface area contributed by atoms with Crippen LogP contribution in [-0.2, 0) is 16.4 Å². The lowest BCUT2D eigenvalue weighted by Gasteiger charge is -2.18. The second-order valence-electron chi connectivity index (χ2n) is 6.83. The highest BCUT2D eigenvalue weighted by Crippen LogP contribution is 2.27. The molecule has 0 aromatic heterocycles. The van der Waals surface area contributed by atoms with Gasteiger partial charge in [-0.25, -0.2) is 12.8 Å². The van der Waals surface area contributed by atoms with Crippen molar-refractivity contribution >= 4 is 33.0 Å². The minimum Gasteiger partial charge on any atom is -0.284 e. The summed E-state index contributed by atoms with van der Waals surface area (Å²) < 4.78 is 41.9. The smallest absolute Gasteiger partial charge is 0.262 e. The molecular formula is C22H18ClFN2O2S. The predicted molar refractivity (Wildman–Crippen MR) is 114 cm³/mol. The minimum absolute atomic E-state index is 0.131. The second kappa shape index (κ2) is 7.61. The van der Waals surface area contributed by atoms with Crippen LogP contribution in [0.3, 0.4) is 0 Å². The van der Waals surface area contributed by atoms with Gasteiger partial charge < -0.3 is 0 Å². The summed E-state index contributed by atoms with van der Waals surface area (Å²) in [6.45, 7) is 2.23. The van der Waals surface area contributed by atoms with E-state index in [1.165, 1.54) is 18.2 Å². The Labute approximate surface area is 174 Å². The number of nitrogens with zero attached hydrogens (tertiary/aromatic N) is 1. The Balaban J connectivity index is 1.69. The zero-order valence-corrected chi connectivity index (χ0v) is 17.2. The van der Waals surface area contributed by atoms with E-state index in [-0.39, 0.29) is 10.7 Å². The Hall–Kier alpha value is -2.70. The maximum atomic E-state index is 13.6. The Morgan fingerprint density at radius 2 is 1.86 bits per heavy atom. The molecule has 0 unspecified atom stereocenters. The first-order valence-corrected chi connectivity index (χ1v) is 10.9. The van der Waals surface area contributed by atoms with E-state index in [4.69, 9.17) is 11.6 Å². The predicted octanol–water partition coefficient (Wildman–Crippen LogP) is 4.98. The Kier molecular flexibility index (Phi) is 5.15. The molecule has 1 aliphatic heterocycles. The van der Waals surface area contributed by atoms with Gasteiger partial charge in [0, 0.05) is 28.4 Å². The van der Waals surface area contributed by atoms with Crippen LogP contribution in [0.15, 0.2) is 70.6 Å². The number of hydrogen-bond donors (Lipinski definition) is 1. The summed E-state index contributed by atoms with van der Waals surface area (Å²) in [4.78, 5) is 4.72. The van der Waals surface area contributed by atoms with Crippen molar-refractivity contribution in [1.29, 1.82) is 0 Å². The highest BCUT2D eigenvalue weighted by Gasteiger charge is 2.20. The van der Waals surface area contributed by atoms with Gasteiger partial charge in [0.25, 0.3) is 10.0 Å². The van der Waals surface area contributed by atoms with E-state index in [1.54, 1.807) is 43.3 Å². The van der Waals surface area contributed by atoms with E-state index in [1.807, 2.05) is 6.07 Å². The molecule has 0 spiro atoms. The molecule has 148 valence electrons. The molecule has 4 rings (SSSR count). The van der Waals surface area contributed by atoms with E-state index in [9.17, 15) is 12.8 Å². The largest absolute Gasteiger partial charge is 0.284 e. The summed E-state index contributed by atoms with van der Waals surface area (Å²) >= 11 is 6.07. The highest BCUT2D eigenvalue weighted by atomic mass is 35.5. The SMILES string of the molecule is Cc1c(Cl)cccc1S(=O)(=O)Nc1cccc(C2=NCCc3cc(F)ccc32)c1. The Bertz CT molecular complexity index is 1240. The molecule has 0 radical (unpaired) electrons. The number of nitrogens with one attached hydrogen (secondary N) is 1. The average molecular weight is 429 g/mol. The van der Waals surface area contributed by atoms with Crippen molar-refractivity contribution < 1.29 is 12.8 Å². The number of aliphatic imine (C=N–C) groups is 1. The lowest BCUT2D eigenvalue weighted by molar-refractivity contribution is 0.600. The van der Waals surface area contributed by atoms with Crippen molar-refractivity contribution in [2.45, 2.75) is 18.2 Å². The molecule has 0 bridgehead atoms. The van der Waals surface area contributed by atoms with Gasteiger partial charge in [-0.1, -0.05) is 29.8 Å². The standard InChI is InChI=1S/C22H18ClFN2O2S/c1-14-20(23)6-3-7-21(14)29(27,28)26-18-5-2-4-16(13-18)22-19-9-8-17(24)12-15(19)10-11-25-22/h2-9,12-13,26H,10-11H2,1H3. The number of benzene rings is 3. The maximum Gasteiger partial charge on any atom is 0.262 e. The van der Waals surface area contributed by atoms with Crippen LogP contribution in [0.4, 0.5) is 10.1 Å². The summed E-state index contributed by atoms with van der Waals surface area (Å²) in [5, 5.41) is 0.391. The third-order valence-electron chi connectivity index (χ3n) is 4.87. The zero-order chi connectivity index (χ0) is 20.6. The maximum absolute atomic E-state index is 13.6. The van der Waals surface area contributed by atoms with Crippen molar-refractivity contribution in [3.05, 3.63) is 93.8 Å². The third kappa shape index (κ3) is 3.91. The molecule has 0 atom stereocenters. The van der Waals surface area contributed by atoms with E-state index in [0.29, 0.717) is 29.2 Å². The van der Waals surface area contributed by atoms with Crippen LogP contribution in [-0.4, -0.2) is 20.7 Å². The number of fused-ring (bicyclic) bond motifs is 1. The second-order valence-corrected chi connectivity index (χ2v) is 8.89. The Morgan fingerprint density at radius 3 is 2.69 bits per heavy atom. The number of anilines is 1. The van der Waals surface area contributed by atoms with Crippen molar-refractivity contribution in [2.24, 2.45) is 4.99 Å². The highest BCUT2D eigenvalue weighted by molar-refractivity contribution is 7.92. The number of hydrogen-bond acceptors (Lipinski definition) is 3. The number of rotatable bonds is 4. The summed E-state index contributed by atoms with van der Waals surface area (Å²) in [5.74, 6) is -0.275. The first-order chi connectivity index (χ1) is 13.8. The first kappa shape index (κ1) is 19.6. The number of halogens is 2. The van der Waals surface area contributed by atoms with Gasteiger partial charge in [-0.2, -0.15) is 0 Å². The third-order valence-corrected chi connectivity index (χ3v) is 6.80. The molecule has 3 aromatic rings. The van der Waals surface area contributed by atoms with Crippen molar-refractivity contribution in [2.75, 3.05) is 11.3 Å². The van der Waals surface area contributed by atoms with Crippen LogP contribution in [0.1, 0.15) is 22.3 Å². The molecule has 0 aliphatic carbocycles. The molecule has 1 aliphatic rings. The summed E-state index contributed by atoms with van der Waals surface area (Å²) in [7, 11) is -3.80. The fourth-order valence-corrected chi connectivity index (χ4v) is 4.99. The Morgan fingerprint density at radius 1 is 1.07 bits per heavy atom. The van der Waals surface area contributed by atoms with E-state index in [0.717, 1.165) is 22.4 Å². The monoisotopic (exact) mass is 428 g/mol. The van der Waals surface area contributed by atoms with E-state index in [2.05, 4.69) is 9.71 Å². The molecule has 3 aromatic carbocycles. The van der Waals surface area contributed by atoms with Crippen molar-refractivity contribution in [3.8, 4) is 0 Å². The lowest BCUT2D eigenvalue weighted by atomic mass is 9.93. The first-order valence-electron chi connectivity index (χ1n) is 9.07. The van der Waals surface area contributed by atoms with Gasteiger partial charge in [0.2, 0.25) is 0 Å². The van der Waals surface area contributed by atoms with Crippen molar-refractivity contribution in [3.63, 3.8) is 0 Å². The van der Waals surface area contributed by atoms with Crippen LogP contribution in [0, 0.1) is 12.7 Å². The molecule has 0 amide bonds. The lowest BCUT2D eigenvalue weighted by Crippen LogP contribution is -2.16. The molecule has 0 saturated heterocycles. The summed E-state index contributed by atoms with van der Waals surface area (Å²) in [6.07, 6.45) is 0.678. The normalized spacial score (nSPS) is 13.6. The van der Waals surface area contributed by atoms with Crippen LogP contribution in [0.2, 0.25) is 5.02 Å². The molecule has 0 fully saturated rings. The molecule has 0 saturated carbocycles. The van der Waals surface area contributed by atoms with Gasteiger partial charge in [0.1, 0.15) is 5.82 Å². The molecule has 4 nitrogen and oxygen atoms in total. The van der Waals surface area contributed by atoms with E-state index < -0.39 is 10.0 Å². The molecule has 7 heteroatoms. The quantitative estimate of drug-likeness (QED) is 0.637. The average Bonchev–Trinajstić information content (AvgIpc) is 2.69. The van der Waals surface area contributed by atoms with Gasteiger partial charge in [-0.3, -0.25) is 9.71 Å². The fourth-order valence-electron chi connectivity index (χ4n) is 3.44. The molecule has 1 heterocycles. The molecule has 29 heavy (non-hydrogen) atoms. The summed E-state index contributed by atoms with van der Waals surface area (Å²) in [6, 6.07) is 16.5. The molecular weight excluding hydrogens is 411 g/mol. The topological polar surface area (TPSA) is 58.5 Å². The van der Waals surface area contributed by atoms with Crippen molar-refractivity contribution in [1.82, 2.24) is 0 Å². The van der Waals surface area contributed by atoms with Gasteiger partial charge in [-0.05, 0) is 66.9 Å². The van der Waals surface area contributed by atoms with Gasteiger partial charge >= 0.3 is 0 Å². The number of sulfonamides is 1. The van der Waals surface area contributed by atoms with Gasteiger partial charge in [0.15, 0.2) is 0 Å². The van der Waals surface area contributed by atoms with Gasteiger partial charge in [-0.15, -0.1) is 0 Å². The van der Waals surface area contributed by atoms with Crippen LogP contribution >= 0.6 is 11.6 Å². The van der Waals surface area contributed by atoms with Crippen LogP contribution in [0.25, 0.3) is 0 Å². The minimum atomic E-state index is -3.80. The fraction of sp³-hybridized carbons (Fsp3) is 0.136. The van der Waals surface area contributed by atoms with Crippen LogP contribution in [0.5, 0.6) is 0 Å². The van der Waals surface area contributed by atoms with Crippen LogP contribution < -0.4 is 4.72 Å². The van der Waals surface area contributed by atoms with Gasteiger partial charge in [0.05, 0.1) is 10.6 Å².